The molecule has 2 aliphatic heterocycles. The molecule has 2 aliphatic rings. The van der Waals surface area contributed by atoms with Crippen LogP contribution in [0.5, 0.6) is 0 Å². The Labute approximate surface area is 124 Å². The van der Waals surface area contributed by atoms with E-state index in [0.29, 0.717) is 12.5 Å². The van der Waals surface area contributed by atoms with Crippen LogP contribution in [-0.4, -0.2) is 60.6 Å². The van der Waals surface area contributed by atoms with Gasteiger partial charge in [0.2, 0.25) is 5.91 Å². The highest BCUT2D eigenvalue weighted by molar-refractivity contribution is 7.99. The van der Waals surface area contributed by atoms with Gasteiger partial charge in [-0.2, -0.15) is 11.8 Å². The second kappa shape index (κ2) is 7.31. The standard InChI is InChI=1S/C14H24N2O3S/c1-10-7-11(3-4-15-10)14(18)16-5-6-20-9-12(16)8-13(17)19-2/h10-12,15H,3-9H2,1-2H3/t10-,11-,12?/m0/s1. The van der Waals surface area contributed by atoms with Gasteiger partial charge in [0.25, 0.3) is 0 Å². The van der Waals surface area contributed by atoms with Crippen LogP contribution in [0.4, 0.5) is 0 Å². The van der Waals surface area contributed by atoms with E-state index < -0.39 is 0 Å². The first-order valence-electron chi connectivity index (χ1n) is 7.30. The Balaban J connectivity index is 1.99. The van der Waals surface area contributed by atoms with Crippen LogP contribution < -0.4 is 5.32 Å². The average molecular weight is 300 g/mol. The number of carbonyl (C=O) groups is 2. The largest absolute Gasteiger partial charge is 0.469 e. The number of rotatable bonds is 3. The maximum atomic E-state index is 12.7. The second-order valence-corrected chi connectivity index (χ2v) is 6.77. The van der Waals surface area contributed by atoms with Crippen molar-refractivity contribution in [1.82, 2.24) is 10.2 Å². The molecule has 0 aromatic heterocycles. The Morgan fingerprint density at radius 1 is 1.45 bits per heavy atom. The summed E-state index contributed by atoms with van der Waals surface area (Å²) in [6.07, 6.45) is 2.11. The minimum absolute atomic E-state index is 0.00103. The number of nitrogens with zero attached hydrogens (tertiary/aromatic N) is 1. The van der Waals surface area contributed by atoms with Crippen LogP contribution in [0.25, 0.3) is 0 Å². The van der Waals surface area contributed by atoms with E-state index in [-0.39, 0.29) is 23.8 Å². The molecule has 2 saturated heterocycles. The summed E-state index contributed by atoms with van der Waals surface area (Å²) in [5, 5.41) is 3.37. The molecule has 0 aromatic rings. The first-order chi connectivity index (χ1) is 9.61. The van der Waals surface area contributed by atoms with Crippen molar-refractivity contribution in [3.63, 3.8) is 0 Å². The Kier molecular flexibility index (Phi) is 5.72. The number of hydrogen-bond donors (Lipinski definition) is 1. The maximum absolute atomic E-state index is 12.7. The SMILES string of the molecule is COC(=O)CC1CSCCN1C(=O)[C@H]1CCN[C@@H](C)C1. The molecule has 6 heteroatoms. The van der Waals surface area contributed by atoms with Crippen LogP contribution in [0.1, 0.15) is 26.2 Å². The third-order valence-corrected chi connectivity index (χ3v) is 5.21. The fraction of sp³-hybridized carbons (Fsp3) is 0.857. The molecule has 1 amide bonds. The van der Waals surface area contributed by atoms with Gasteiger partial charge in [0, 0.05) is 30.0 Å². The molecule has 0 aromatic carbocycles. The summed E-state index contributed by atoms with van der Waals surface area (Å²) in [4.78, 5) is 26.1. The van der Waals surface area contributed by atoms with Crippen LogP contribution in [0.2, 0.25) is 0 Å². The predicted octanol–water partition coefficient (Wildman–Crippen LogP) is 0.882. The molecule has 0 radical (unpaired) electrons. The topological polar surface area (TPSA) is 58.6 Å². The Bertz CT molecular complexity index is 364. The summed E-state index contributed by atoms with van der Waals surface area (Å²) in [5.41, 5.74) is 0. The highest BCUT2D eigenvalue weighted by atomic mass is 32.2. The van der Waals surface area contributed by atoms with E-state index in [1.54, 1.807) is 0 Å². The average Bonchev–Trinajstić information content (AvgIpc) is 2.47. The number of esters is 1. The summed E-state index contributed by atoms with van der Waals surface area (Å²) < 4.78 is 4.75. The van der Waals surface area contributed by atoms with Gasteiger partial charge >= 0.3 is 5.97 Å². The molecule has 2 fully saturated rings. The molecule has 0 aliphatic carbocycles. The number of ether oxygens (including phenoxy) is 1. The number of nitrogens with one attached hydrogen (secondary N) is 1. The van der Waals surface area contributed by atoms with Crippen LogP contribution in [0, 0.1) is 5.92 Å². The van der Waals surface area contributed by atoms with E-state index in [0.717, 1.165) is 37.4 Å². The van der Waals surface area contributed by atoms with Crippen LogP contribution in [-0.2, 0) is 14.3 Å². The maximum Gasteiger partial charge on any atom is 0.307 e. The van der Waals surface area contributed by atoms with Crippen molar-refractivity contribution < 1.29 is 14.3 Å². The van der Waals surface area contributed by atoms with E-state index in [1.165, 1.54) is 7.11 Å². The first-order valence-corrected chi connectivity index (χ1v) is 8.45. The van der Waals surface area contributed by atoms with Crippen molar-refractivity contribution in [1.29, 1.82) is 0 Å². The Morgan fingerprint density at radius 3 is 2.95 bits per heavy atom. The van der Waals surface area contributed by atoms with Crippen molar-refractivity contribution in [2.75, 3.05) is 31.7 Å². The van der Waals surface area contributed by atoms with E-state index in [4.69, 9.17) is 4.74 Å². The van der Waals surface area contributed by atoms with Crippen molar-refractivity contribution in [3.05, 3.63) is 0 Å². The lowest BCUT2D eigenvalue weighted by Gasteiger charge is -2.38. The van der Waals surface area contributed by atoms with E-state index in [9.17, 15) is 9.59 Å². The van der Waals surface area contributed by atoms with Crippen molar-refractivity contribution in [2.45, 2.75) is 38.3 Å². The minimum atomic E-state index is -0.228. The zero-order chi connectivity index (χ0) is 14.5. The number of hydrogen-bond acceptors (Lipinski definition) is 5. The minimum Gasteiger partial charge on any atom is -0.469 e. The number of thioether (sulfide) groups is 1. The van der Waals surface area contributed by atoms with Gasteiger partial charge in [-0.25, -0.2) is 0 Å². The van der Waals surface area contributed by atoms with Crippen LogP contribution >= 0.6 is 11.8 Å². The highest BCUT2D eigenvalue weighted by Crippen LogP contribution is 2.25. The van der Waals surface area contributed by atoms with Gasteiger partial charge in [0.15, 0.2) is 0 Å². The quantitative estimate of drug-likeness (QED) is 0.784. The summed E-state index contributed by atoms with van der Waals surface area (Å²) in [5.74, 6) is 1.90. The van der Waals surface area contributed by atoms with Gasteiger partial charge < -0.3 is 15.0 Å². The van der Waals surface area contributed by atoms with Crippen LogP contribution in [0.15, 0.2) is 0 Å². The molecule has 1 unspecified atom stereocenters. The molecular weight excluding hydrogens is 276 g/mol. The van der Waals surface area contributed by atoms with Gasteiger partial charge in [0.05, 0.1) is 19.6 Å². The summed E-state index contributed by atoms with van der Waals surface area (Å²) >= 11 is 1.81. The fourth-order valence-corrected chi connectivity index (χ4v) is 4.04. The fourth-order valence-electron chi connectivity index (χ4n) is 2.98. The van der Waals surface area contributed by atoms with Gasteiger partial charge in [0.1, 0.15) is 0 Å². The Hall–Kier alpha value is -0.750. The van der Waals surface area contributed by atoms with Crippen molar-refractivity contribution in [3.8, 4) is 0 Å². The molecule has 1 N–H and O–H groups in total. The molecule has 0 bridgehead atoms. The molecule has 0 spiro atoms. The highest BCUT2D eigenvalue weighted by Gasteiger charge is 2.34. The van der Waals surface area contributed by atoms with Gasteiger partial charge in [-0.3, -0.25) is 9.59 Å². The zero-order valence-corrected chi connectivity index (χ0v) is 13.1. The van der Waals surface area contributed by atoms with Gasteiger partial charge in [-0.05, 0) is 26.3 Å². The van der Waals surface area contributed by atoms with E-state index >= 15 is 0 Å². The van der Waals surface area contributed by atoms with Crippen LogP contribution in [0.3, 0.4) is 0 Å². The molecular formula is C14H24N2O3S. The molecule has 5 nitrogen and oxygen atoms in total. The van der Waals surface area contributed by atoms with Crippen molar-refractivity contribution in [2.24, 2.45) is 5.92 Å². The second-order valence-electron chi connectivity index (χ2n) is 5.62. The lowest BCUT2D eigenvalue weighted by molar-refractivity contribution is -0.144. The summed E-state index contributed by atoms with van der Waals surface area (Å²) in [6.45, 7) is 3.78. The van der Waals surface area contributed by atoms with Crippen molar-refractivity contribution >= 4 is 23.6 Å². The third-order valence-electron chi connectivity index (χ3n) is 4.11. The number of piperidine rings is 1. The first kappa shape index (κ1) is 15.6. The van der Waals surface area contributed by atoms with Gasteiger partial charge in [-0.15, -0.1) is 0 Å². The Morgan fingerprint density at radius 2 is 2.25 bits per heavy atom. The summed E-state index contributed by atoms with van der Waals surface area (Å²) in [7, 11) is 1.40. The smallest absolute Gasteiger partial charge is 0.307 e. The zero-order valence-electron chi connectivity index (χ0n) is 12.3. The summed E-state index contributed by atoms with van der Waals surface area (Å²) in [6, 6.07) is 0.398. The predicted molar refractivity (Wildman–Crippen MR) is 79.6 cm³/mol. The lowest BCUT2D eigenvalue weighted by atomic mass is 9.91. The number of amides is 1. The van der Waals surface area contributed by atoms with E-state index in [2.05, 4.69) is 12.2 Å². The molecule has 2 rings (SSSR count). The lowest BCUT2D eigenvalue weighted by Crippen LogP contribution is -2.51. The third kappa shape index (κ3) is 3.88. The molecule has 2 heterocycles. The van der Waals surface area contributed by atoms with E-state index in [1.807, 2.05) is 16.7 Å². The normalized spacial score (nSPS) is 30.9. The number of methoxy groups -OCH3 is 1. The molecule has 0 saturated carbocycles. The molecule has 3 atom stereocenters. The molecule has 114 valence electrons. The molecule has 20 heavy (non-hydrogen) atoms. The monoisotopic (exact) mass is 300 g/mol. The van der Waals surface area contributed by atoms with Gasteiger partial charge in [-0.1, -0.05) is 0 Å². The number of carbonyl (C=O) groups excluding carboxylic acids is 2.